The molecule has 2 aromatic rings. The van der Waals surface area contributed by atoms with Crippen LogP contribution in [0.2, 0.25) is 0 Å². The molecule has 2 heterocycles. The Labute approximate surface area is 104 Å². The van der Waals surface area contributed by atoms with E-state index in [1.54, 1.807) is 0 Å². The molecule has 5 heteroatoms. The number of amides is 1. The van der Waals surface area contributed by atoms with Gasteiger partial charge in [0.25, 0.3) is 0 Å². The minimum absolute atomic E-state index is 0.0959. The summed E-state index contributed by atoms with van der Waals surface area (Å²) in [6.07, 6.45) is 1.91. The van der Waals surface area contributed by atoms with Crippen LogP contribution in [0, 0.1) is 0 Å². The van der Waals surface area contributed by atoms with E-state index in [0.717, 1.165) is 16.6 Å². The molecule has 1 aliphatic heterocycles. The van der Waals surface area contributed by atoms with Crippen molar-refractivity contribution in [1.82, 2.24) is 10.3 Å². The van der Waals surface area contributed by atoms with Crippen LogP contribution in [0.1, 0.15) is 6.42 Å². The van der Waals surface area contributed by atoms with E-state index in [-0.39, 0.29) is 11.9 Å². The molecule has 0 saturated carbocycles. The summed E-state index contributed by atoms with van der Waals surface area (Å²) in [5.41, 5.74) is 1.82. The summed E-state index contributed by atoms with van der Waals surface area (Å²) in [4.78, 5) is 15.0. The van der Waals surface area contributed by atoms with E-state index >= 15 is 0 Å². The number of nitrogens with one attached hydrogen (secondary N) is 3. The Morgan fingerprint density at radius 3 is 3.06 bits per heavy atom. The molecule has 1 amide bonds. The molecule has 2 unspecified atom stereocenters. The van der Waals surface area contributed by atoms with E-state index in [9.17, 15) is 9.90 Å². The second kappa shape index (κ2) is 4.44. The highest BCUT2D eigenvalue weighted by Gasteiger charge is 2.27. The lowest BCUT2D eigenvalue weighted by Gasteiger charge is -2.11. The summed E-state index contributed by atoms with van der Waals surface area (Å²) in [5, 5.41) is 16.3. The van der Waals surface area contributed by atoms with Gasteiger partial charge in [0.2, 0.25) is 5.91 Å². The van der Waals surface area contributed by atoms with Crippen LogP contribution < -0.4 is 10.6 Å². The molecule has 94 valence electrons. The zero-order valence-corrected chi connectivity index (χ0v) is 9.81. The molecule has 1 aliphatic rings. The van der Waals surface area contributed by atoms with E-state index in [2.05, 4.69) is 15.6 Å². The van der Waals surface area contributed by atoms with Gasteiger partial charge in [-0.2, -0.15) is 0 Å². The van der Waals surface area contributed by atoms with Crippen molar-refractivity contribution in [2.24, 2.45) is 0 Å². The van der Waals surface area contributed by atoms with Gasteiger partial charge in [0, 0.05) is 29.3 Å². The standard InChI is InChI=1S/C13H15N3O2/c17-10-6-12(15-7-10)13(18)16-9-1-2-11-8(5-9)3-4-14-11/h1-5,10,12,14-15,17H,6-7H2,(H,16,18). The highest BCUT2D eigenvalue weighted by molar-refractivity contribution is 5.97. The summed E-state index contributed by atoms with van der Waals surface area (Å²) in [7, 11) is 0. The number of benzene rings is 1. The van der Waals surface area contributed by atoms with Crippen LogP contribution >= 0.6 is 0 Å². The van der Waals surface area contributed by atoms with Crippen molar-refractivity contribution in [1.29, 1.82) is 0 Å². The van der Waals surface area contributed by atoms with Crippen LogP contribution in [0.3, 0.4) is 0 Å². The van der Waals surface area contributed by atoms with Gasteiger partial charge in [0.15, 0.2) is 0 Å². The van der Waals surface area contributed by atoms with Crippen LogP contribution in [0.25, 0.3) is 10.9 Å². The SMILES string of the molecule is O=C(Nc1ccc2[nH]ccc2c1)C1CC(O)CN1. The molecule has 0 bridgehead atoms. The van der Waals surface area contributed by atoms with Crippen molar-refractivity contribution in [2.45, 2.75) is 18.6 Å². The molecule has 0 spiro atoms. The molecule has 4 N–H and O–H groups in total. The van der Waals surface area contributed by atoms with Crippen molar-refractivity contribution >= 4 is 22.5 Å². The predicted molar refractivity (Wildman–Crippen MR) is 69.3 cm³/mol. The molecule has 1 aromatic carbocycles. The van der Waals surface area contributed by atoms with Gasteiger partial charge in [-0.3, -0.25) is 4.79 Å². The third-order valence-corrected chi connectivity index (χ3v) is 3.24. The maximum absolute atomic E-state index is 11.9. The first-order valence-electron chi connectivity index (χ1n) is 6.02. The van der Waals surface area contributed by atoms with Gasteiger partial charge in [-0.25, -0.2) is 0 Å². The number of H-pyrrole nitrogens is 1. The number of aliphatic hydroxyl groups is 1. The Morgan fingerprint density at radius 1 is 1.39 bits per heavy atom. The fourth-order valence-corrected chi connectivity index (χ4v) is 2.28. The monoisotopic (exact) mass is 245 g/mol. The smallest absolute Gasteiger partial charge is 0.241 e. The molecule has 0 aliphatic carbocycles. The summed E-state index contributed by atoms with van der Waals surface area (Å²) in [6.45, 7) is 0.481. The van der Waals surface area contributed by atoms with Crippen LogP contribution in [-0.2, 0) is 4.79 Å². The predicted octanol–water partition coefficient (Wildman–Crippen LogP) is 0.829. The van der Waals surface area contributed by atoms with Crippen LogP contribution in [0.4, 0.5) is 5.69 Å². The van der Waals surface area contributed by atoms with Gasteiger partial charge in [-0.05, 0) is 30.7 Å². The van der Waals surface area contributed by atoms with Gasteiger partial charge in [-0.15, -0.1) is 0 Å². The summed E-state index contributed by atoms with van der Waals surface area (Å²) < 4.78 is 0. The highest BCUT2D eigenvalue weighted by atomic mass is 16.3. The van der Waals surface area contributed by atoms with Crippen molar-refractivity contribution in [2.75, 3.05) is 11.9 Å². The third kappa shape index (κ3) is 2.10. The number of hydrogen-bond acceptors (Lipinski definition) is 3. The van der Waals surface area contributed by atoms with Crippen molar-refractivity contribution in [3.63, 3.8) is 0 Å². The first kappa shape index (κ1) is 11.3. The Bertz CT molecular complexity index is 578. The largest absolute Gasteiger partial charge is 0.392 e. The van der Waals surface area contributed by atoms with Gasteiger partial charge in [0.05, 0.1) is 12.1 Å². The highest BCUT2D eigenvalue weighted by Crippen LogP contribution is 2.18. The Kier molecular flexibility index (Phi) is 2.77. The number of anilines is 1. The molecule has 0 radical (unpaired) electrons. The minimum Gasteiger partial charge on any atom is -0.392 e. The van der Waals surface area contributed by atoms with Gasteiger partial charge in [0.1, 0.15) is 0 Å². The third-order valence-electron chi connectivity index (χ3n) is 3.24. The average molecular weight is 245 g/mol. The molecule has 1 saturated heterocycles. The quantitative estimate of drug-likeness (QED) is 0.633. The fraction of sp³-hybridized carbons (Fsp3) is 0.308. The summed E-state index contributed by atoms with van der Waals surface area (Å²) in [6, 6.07) is 7.38. The lowest BCUT2D eigenvalue weighted by atomic mass is 10.2. The molecule has 3 rings (SSSR count). The van der Waals surface area contributed by atoms with E-state index in [4.69, 9.17) is 0 Å². The topological polar surface area (TPSA) is 77.2 Å². The maximum atomic E-state index is 11.9. The number of aromatic amines is 1. The molecule has 5 nitrogen and oxygen atoms in total. The summed E-state index contributed by atoms with van der Waals surface area (Å²) >= 11 is 0. The first-order chi connectivity index (χ1) is 8.72. The molecule has 18 heavy (non-hydrogen) atoms. The van der Waals surface area contributed by atoms with Gasteiger partial charge >= 0.3 is 0 Å². The van der Waals surface area contributed by atoms with Crippen LogP contribution in [-0.4, -0.2) is 34.7 Å². The molecule has 1 fully saturated rings. The number of fused-ring (bicyclic) bond motifs is 1. The second-order valence-corrected chi connectivity index (χ2v) is 4.62. The zero-order valence-electron chi connectivity index (χ0n) is 9.81. The van der Waals surface area contributed by atoms with Crippen molar-refractivity contribution in [3.8, 4) is 0 Å². The molecular weight excluding hydrogens is 230 g/mol. The van der Waals surface area contributed by atoms with Crippen LogP contribution in [0.15, 0.2) is 30.5 Å². The Morgan fingerprint density at radius 2 is 2.28 bits per heavy atom. The first-order valence-corrected chi connectivity index (χ1v) is 6.02. The lowest BCUT2D eigenvalue weighted by Crippen LogP contribution is -2.35. The molecule has 2 atom stereocenters. The van der Waals surface area contributed by atoms with Crippen molar-refractivity contribution < 1.29 is 9.90 Å². The van der Waals surface area contributed by atoms with E-state index in [1.807, 2.05) is 30.5 Å². The fourth-order valence-electron chi connectivity index (χ4n) is 2.28. The lowest BCUT2D eigenvalue weighted by molar-refractivity contribution is -0.117. The number of carbonyl (C=O) groups excluding carboxylic acids is 1. The van der Waals surface area contributed by atoms with E-state index < -0.39 is 6.10 Å². The van der Waals surface area contributed by atoms with E-state index in [0.29, 0.717) is 13.0 Å². The Hall–Kier alpha value is -1.85. The van der Waals surface area contributed by atoms with Gasteiger partial charge in [-0.1, -0.05) is 0 Å². The second-order valence-electron chi connectivity index (χ2n) is 4.62. The number of carbonyl (C=O) groups is 1. The van der Waals surface area contributed by atoms with Crippen molar-refractivity contribution in [3.05, 3.63) is 30.5 Å². The number of aromatic nitrogens is 1. The van der Waals surface area contributed by atoms with Crippen LogP contribution in [0.5, 0.6) is 0 Å². The number of β-amino-alcohol motifs (C(OH)–C–C–N with tert-alkyl or cyclic N) is 1. The average Bonchev–Trinajstić information content (AvgIpc) is 2.96. The van der Waals surface area contributed by atoms with Gasteiger partial charge < -0.3 is 20.7 Å². The number of rotatable bonds is 2. The maximum Gasteiger partial charge on any atom is 0.241 e. The van der Waals surface area contributed by atoms with E-state index in [1.165, 1.54) is 0 Å². The summed E-state index contributed by atoms with van der Waals surface area (Å²) in [5.74, 6) is -0.0959. The number of aliphatic hydroxyl groups excluding tert-OH is 1. The zero-order chi connectivity index (χ0) is 12.5. The number of hydrogen-bond donors (Lipinski definition) is 4. The molecule has 1 aromatic heterocycles. The normalized spacial score (nSPS) is 23.4. The Balaban J connectivity index is 1.73. The molecular formula is C13H15N3O2. The minimum atomic E-state index is -0.423.